The summed E-state index contributed by atoms with van der Waals surface area (Å²) >= 11 is 0. The van der Waals surface area contributed by atoms with Crippen molar-refractivity contribution in [3.8, 4) is 18.2 Å². The molecule has 0 fully saturated rings. The Morgan fingerprint density at radius 3 is 1.69 bits per heavy atom. The van der Waals surface area contributed by atoms with Crippen LogP contribution in [-0.2, 0) is 5.41 Å². The van der Waals surface area contributed by atoms with Gasteiger partial charge in [-0.3, -0.25) is 0 Å². The lowest BCUT2D eigenvalue weighted by atomic mass is 9.83. The van der Waals surface area contributed by atoms with Gasteiger partial charge in [0.2, 0.25) is 0 Å². The van der Waals surface area contributed by atoms with Crippen molar-refractivity contribution in [1.82, 2.24) is 0 Å². The molecular weight excluding hydrogens is 512 g/mol. The van der Waals surface area contributed by atoms with Crippen LogP contribution in [0.1, 0.15) is 116 Å². The predicted octanol–water partition coefficient (Wildman–Crippen LogP) is 8.72. The Kier molecular flexibility index (Phi) is 13.4. The minimum absolute atomic E-state index is 0.0742. The molecule has 1 heterocycles. The van der Waals surface area contributed by atoms with Gasteiger partial charge in [-0.05, 0) is 29.3 Å². The molecule has 0 N–H and O–H groups in total. The van der Waals surface area contributed by atoms with Crippen LogP contribution < -0.4 is 15.3 Å². The number of rotatable bonds is 16. The van der Waals surface area contributed by atoms with Crippen LogP contribution in [0.5, 0.6) is 0 Å². The first-order chi connectivity index (χ1) is 20.5. The first-order valence-electron chi connectivity index (χ1n) is 16.1. The molecule has 0 spiro atoms. The fraction of sp³-hybridized carbons (Fsp3) is 0.500. The van der Waals surface area contributed by atoms with Crippen LogP contribution in [0, 0.1) is 34.0 Å². The van der Waals surface area contributed by atoms with E-state index in [9.17, 15) is 15.8 Å². The van der Waals surface area contributed by atoms with Gasteiger partial charge in [0.05, 0.1) is 11.6 Å². The highest BCUT2D eigenvalue weighted by atomic mass is 15.2. The normalized spacial score (nSPS) is 14.2. The number of anilines is 1. The van der Waals surface area contributed by atoms with Gasteiger partial charge < -0.3 is 4.90 Å². The SMILES string of the molecule is CCCCCCCCCCCCCCCCN1/C(=C/C(C#N)=c2ccc(=C(C#N)C#N)cc2)C(C)(C)c2ccccc21. The van der Waals surface area contributed by atoms with E-state index in [0.717, 1.165) is 23.9 Å². The number of nitrogens with zero attached hydrogens (tertiary/aromatic N) is 4. The number of hydrogen-bond donors (Lipinski definition) is 0. The Labute approximate surface area is 254 Å². The molecule has 0 atom stereocenters. The van der Waals surface area contributed by atoms with Gasteiger partial charge in [-0.25, -0.2) is 0 Å². The first kappa shape index (κ1) is 32.7. The van der Waals surface area contributed by atoms with Gasteiger partial charge in [0.1, 0.15) is 17.7 Å². The summed E-state index contributed by atoms with van der Waals surface area (Å²) in [6.07, 6.45) is 20.9. The van der Waals surface area contributed by atoms with Gasteiger partial charge in [-0.2, -0.15) is 15.8 Å². The topological polar surface area (TPSA) is 74.6 Å². The number of hydrogen-bond acceptors (Lipinski definition) is 4. The first-order valence-corrected chi connectivity index (χ1v) is 16.1. The average molecular weight is 561 g/mol. The van der Waals surface area contributed by atoms with Crippen LogP contribution >= 0.6 is 0 Å². The van der Waals surface area contributed by atoms with Crippen molar-refractivity contribution in [3.63, 3.8) is 0 Å². The van der Waals surface area contributed by atoms with E-state index in [0.29, 0.717) is 10.8 Å². The molecule has 42 heavy (non-hydrogen) atoms. The summed E-state index contributed by atoms with van der Waals surface area (Å²) in [5.41, 5.74) is 4.09. The second-order valence-corrected chi connectivity index (χ2v) is 12.1. The molecule has 4 nitrogen and oxygen atoms in total. The van der Waals surface area contributed by atoms with Crippen LogP contribution in [-0.4, -0.2) is 6.54 Å². The number of allylic oxidation sites excluding steroid dienone is 2. The van der Waals surface area contributed by atoms with E-state index >= 15 is 0 Å². The Bertz CT molecular complexity index is 1400. The summed E-state index contributed by atoms with van der Waals surface area (Å²) in [6.45, 7) is 7.69. The van der Waals surface area contributed by atoms with Gasteiger partial charge in [-0.1, -0.05) is 147 Å². The van der Waals surface area contributed by atoms with Crippen molar-refractivity contribution in [3.05, 3.63) is 76.3 Å². The molecular formula is C38H48N4. The van der Waals surface area contributed by atoms with Crippen LogP contribution in [0.4, 0.5) is 5.69 Å². The predicted molar refractivity (Wildman–Crippen MR) is 175 cm³/mol. The Morgan fingerprint density at radius 1 is 0.667 bits per heavy atom. The lowest BCUT2D eigenvalue weighted by molar-refractivity contribution is 0.535. The highest BCUT2D eigenvalue weighted by Gasteiger charge is 2.39. The summed E-state index contributed by atoms with van der Waals surface area (Å²) in [7, 11) is 0. The molecule has 1 aliphatic rings. The zero-order chi connectivity index (χ0) is 30.2. The standard InChI is InChI=1S/C38H48N4/c1-4-5-6-7-8-9-10-11-12-13-14-15-16-19-26-42-36-21-18-17-20-35(36)38(2,3)37(42)27-33(28-39)31-22-24-32(25-23-31)34(29-40)30-41/h17-18,20-25,27H,4-16,19,26H2,1-3H3/b37-27+. The van der Waals surface area contributed by atoms with Crippen molar-refractivity contribution in [2.24, 2.45) is 0 Å². The smallest absolute Gasteiger partial charge is 0.136 e. The second kappa shape index (κ2) is 17.2. The molecule has 0 amide bonds. The fourth-order valence-electron chi connectivity index (χ4n) is 6.09. The maximum Gasteiger partial charge on any atom is 0.136 e. The Hall–Kier alpha value is -3.81. The van der Waals surface area contributed by atoms with Gasteiger partial charge in [-0.15, -0.1) is 0 Å². The molecule has 3 rings (SSSR count). The number of para-hydroxylation sites is 1. The van der Waals surface area contributed by atoms with E-state index in [-0.39, 0.29) is 11.0 Å². The number of nitriles is 3. The molecule has 0 aromatic heterocycles. The highest BCUT2D eigenvalue weighted by Crippen LogP contribution is 2.48. The summed E-state index contributed by atoms with van der Waals surface area (Å²) < 4.78 is 0. The van der Waals surface area contributed by atoms with E-state index in [1.807, 2.05) is 30.3 Å². The third kappa shape index (κ3) is 8.84. The van der Waals surface area contributed by atoms with Gasteiger partial charge in [0.15, 0.2) is 0 Å². The van der Waals surface area contributed by atoms with Crippen LogP contribution in [0.3, 0.4) is 0 Å². The molecule has 0 aliphatic carbocycles. The number of benzene rings is 2. The molecule has 4 heteroatoms. The fourth-order valence-corrected chi connectivity index (χ4v) is 6.09. The molecule has 0 saturated carbocycles. The largest absolute Gasteiger partial charge is 0.344 e. The van der Waals surface area contributed by atoms with E-state index in [2.05, 4.69) is 56.0 Å². The highest BCUT2D eigenvalue weighted by molar-refractivity contribution is 5.78. The number of fused-ring (bicyclic) bond motifs is 1. The molecule has 0 radical (unpaired) electrons. The zero-order valence-corrected chi connectivity index (χ0v) is 26.1. The van der Waals surface area contributed by atoms with Crippen LogP contribution in [0.2, 0.25) is 0 Å². The second-order valence-electron chi connectivity index (χ2n) is 12.1. The van der Waals surface area contributed by atoms with E-state index < -0.39 is 0 Å². The Morgan fingerprint density at radius 2 is 1.17 bits per heavy atom. The van der Waals surface area contributed by atoms with Crippen LogP contribution in [0.25, 0.3) is 11.1 Å². The average Bonchev–Trinajstić information content (AvgIpc) is 3.22. The lowest BCUT2D eigenvalue weighted by Gasteiger charge is -2.27. The van der Waals surface area contributed by atoms with Crippen molar-refractivity contribution in [2.75, 3.05) is 11.4 Å². The molecule has 2 aromatic carbocycles. The van der Waals surface area contributed by atoms with Gasteiger partial charge in [0, 0.05) is 28.6 Å². The molecule has 0 saturated heterocycles. The monoisotopic (exact) mass is 560 g/mol. The summed E-state index contributed by atoms with van der Waals surface area (Å²) in [6, 6.07) is 22.0. The van der Waals surface area contributed by atoms with Crippen molar-refractivity contribution < 1.29 is 0 Å². The third-order valence-electron chi connectivity index (χ3n) is 8.64. The third-order valence-corrected chi connectivity index (χ3v) is 8.64. The van der Waals surface area contributed by atoms with E-state index in [4.69, 9.17) is 0 Å². The zero-order valence-electron chi connectivity index (χ0n) is 26.1. The van der Waals surface area contributed by atoms with Gasteiger partial charge >= 0.3 is 0 Å². The number of unbranched alkanes of at least 4 members (excludes halogenated alkanes) is 13. The lowest BCUT2D eigenvalue weighted by Crippen LogP contribution is -2.27. The molecule has 2 aromatic rings. The molecule has 0 bridgehead atoms. The minimum Gasteiger partial charge on any atom is -0.344 e. The molecule has 0 unspecified atom stereocenters. The minimum atomic E-state index is -0.225. The van der Waals surface area contributed by atoms with E-state index in [1.54, 1.807) is 12.1 Å². The van der Waals surface area contributed by atoms with Crippen LogP contribution in [0.15, 0.2) is 60.3 Å². The molecule has 1 aliphatic heterocycles. The summed E-state index contributed by atoms with van der Waals surface area (Å²) in [5, 5.41) is 29.9. The van der Waals surface area contributed by atoms with Crippen molar-refractivity contribution in [1.29, 1.82) is 15.8 Å². The quantitative estimate of drug-likeness (QED) is 0.192. The van der Waals surface area contributed by atoms with Gasteiger partial charge in [0.25, 0.3) is 0 Å². The summed E-state index contributed by atoms with van der Waals surface area (Å²) in [4.78, 5) is 2.42. The Balaban J connectivity index is 1.62. The molecule has 220 valence electrons. The van der Waals surface area contributed by atoms with Crippen molar-refractivity contribution >= 4 is 16.8 Å². The maximum absolute atomic E-state index is 10.1. The van der Waals surface area contributed by atoms with Crippen molar-refractivity contribution in [2.45, 2.75) is 116 Å². The maximum atomic E-state index is 10.1. The van der Waals surface area contributed by atoms with E-state index in [1.165, 1.54) is 94.7 Å². The summed E-state index contributed by atoms with van der Waals surface area (Å²) in [5.74, 6) is 0.